The standard InChI is InChI=1S/C22H24N2O5/c1-27-15-7-8-18(28-2)17(11-15)24-22(26)20-14-6-5-13(10-14)19(20)21(25)23-12-16-4-3-9-29-16/h3-9,11,13-14,19-20H,10,12H2,1-2H3,(H,23,25)(H,24,26). The Morgan fingerprint density at radius 1 is 1.07 bits per heavy atom. The van der Waals surface area contributed by atoms with Gasteiger partial charge in [-0.3, -0.25) is 9.59 Å². The van der Waals surface area contributed by atoms with Crippen LogP contribution in [-0.2, 0) is 16.1 Å². The van der Waals surface area contributed by atoms with Crippen LogP contribution in [0.1, 0.15) is 12.2 Å². The molecule has 4 atom stereocenters. The van der Waals surface area contributed by atoms with Crippen LogP contribution in [-0.4, -0.2) is 26.0 Å². The number of furan rings is 1. The molecule has 1 saturated carbocycles. The van der Waals surface area contributed by atoms with Crippen LogP contribution in [0.15, 0.2) is 53.2 Å². The molecule has 152 valence electrons. The Morgan fingerprint density at radius 2 is 1.83 bits per heavy atom. The smallest absolute Gasteiger partial charge is 0.229 e. The minimum Gasteiger partial charge on any atom is -0.497 e. The molecule has 2 aliphatic rings. The van der Waals surface area contributed by atoms with Crippen molar-refractivity contribution in [1.29, 1.82) is 0 Å². The number of allylic oxidation sites excluding steroid dienone is 2. The topological polar surface area (TPSA) is 89.8 Å². The summed E-state index contributed by atoms with van der Waals surface area (Å²) in [6.07, 6.45) is 6.48. The molecule has 0 saturated heterocycles. The second-order valence-corrected chi connectivity index (χ2v) is 7.35. The predicted molar refractivity (Wildman–Crippen MR) is 106 cm³/mol. The van der Waals surface area contributed by atoms with Crippen molar-refractivity contribution < 1.29 is 23.5 Å². The lowest BCUT2D eigenvalue weighted by Crippen LogP contribution is -2.41. The van der Waals surface area contributed by atoms with E-state index in [4.69, 9.17) is 13.9 Å². The van der Waals surface area contributed by atoms with Gasteiger partial charge in [-0.05, 0) is 42.5 Å². The average molecular weight is 396 g/mol. The van der Waals surface area contributed by atoms with Gasteiger partial charge in [0.15, 0.2) is 0 Å². The normalized spacial score (nSPS) is 24.3. The minimum atomic E-state index is -0.433. The van der Waals surface area contributed by atoms with Gasteiger partial charge in [0.1, 0.15) is 17.3 Å². The van der Waals surface area contributed by atoms with E-state index in [1.807, 2.05) is 6.08 Å². The summed E-state index contributed by atoms with van der Waals surface area (Å²) < 4.78 is 15.9. The fourth-order valence-corrected chi connectivity index (χ4v) is 4.37. The summed E-state index contributed by atoms with van der Waals surface area (Å²) in [6, 6.07) is 8.80. The van der Waals surface area contributed by atoms with E-state index in [0.717, 1.165) is 6.42 Å². The van der Waals surface area contributed by atoms with Crippen LogP contribution in [0, 0.1) is 23.7 Å². The summed E-state index contributed by atoms with van der Waals surface area (Å²) in [7, 11) is 3.11. The molecule has 4 rings (SSSR count). The third-order valence-corrected chi connectivity index (χ3v) is 5.75. The zero-order chi connectivity index (χ0) is 20.4. The number of amides is 2. The molecule has 0 spiro atoms. The Kier molecular flexibility index (Phi) is 5.29. The highest BCUT2D eigenvalue weighted by Gasteiger charge is 2.51. The molecule has 2 bridgehead atoms. The van der Waals surface area contributed by atoms with Crippen LogP contribution in [0.25, 0.3) is 0 Å². The molecule has 29 heavy (non-hydrogen) atoms. The molecular weight excluding hydrogens is 372 g/mol. The number of hydrogen-bond acceptors (Lipinski definition) is 5. The summed E-state index contributed by atoms with van der Waals surface area (Å²) >= 11 is 0. The van der Waals surface area contributed by atoms with Crippen molar-refractivity contribution >= 4 is 17.5 Å². The largest absolute Gasteiger partial charge is 0.497 e. The maximum Gasteiger partial charge on any atom is 0.229 e. The third kappa shape index (κ3) is 3.72. The quantitative estimate of drug-likeness (QED) is 0.703. The number of methoxy groups -OCH3 is 2. The highest BCUT2D eigenvalue weighted by Crippen LogP contribution is 2.48. The third-order valence-electron chi connectivity index (χ3n) is 5.75. The monoisotopic (exact) mass is 396 g/mol. The molecule has 2 aromatic rings. The molecule has 1 heterocycles. The van der Waals surface area contributed by atoms with Gasteiger partial charge < -0.3 is 24.5 Å². The van der Waals surface area contributed by atoms with E-state index in [1.165, 1.54) is 0 Å². The van der Waals surface area contributed by atoms with Crippen molar-refractivity contribution in [1.82, 2.24) is 5.32 Å². The Balaban J connectivity index is 1.50. The lowest BCUT2D eigenvalue weighted by molar-refractivity contribution is -0.133. The maximum atomic E-state index is 13.2. The number of nitrogens with one attached hydrogen (secondary N) is 2. The Hall–Kier alpha value is -3.22. The van der Waals surface area contributed by atoms with E-state index in [-0.39, 0.29) is 23.7 Å². The average Bonchev–Trinajstić information content (AvgIpc) is 3.49. The second kappa shape index (κ2) is 8.03. The summed E-state index contributed by atoms with van der Waals surface area (Å²) in [5.74, 6) is 0.796. The van der Waals surface area contributed by atoms with Gasteiger partial charge in [-0.2, -0.15) is 0 Å². The number of ether oxygens (including phenoxy) is 2. The summed E-state index contributed by atoms with van der Waals surface area (Å²) in [5.41, 5.74) is 0.526. The van der Waals surface area contributed by atoms with Gasteiger partial charge in [-0.25, -0.2) is 0 Å². The molecular formula is C22H24N2O5. The minimum absolute atomic E-state index is 0.0518. The molecule has 2 N–H and O–H groups in total. The van der Waals surface area contributed by atoms with Crippen molar-refractivity contribution in [3.63, 3.8) is 0 Å². The van der Waals surface area contributed by atoms with Gasteiger partial charge >= 0.3 is 0 Å². The SMILES string of the molecule is COc1ccc(OC)c(NC(=O)C2C3C=CC(C3)C2C(=O)NCc2ccco2)c1. The van der Waals surface area contributed by atoms with Gasteiger partial charge in [0.05, 0.1) is 44.6 Å². The first-order valence-corrected chi connectivity index (χ1v) is 9.62. The van der Waals surface area contributed by atoms with Gasteiger partial charge in [0.2, 0.25) is 11.8 Å². The number of carbonyl (C=O) groups is 2. The molecule has 2 amide bonds. The number of benzene rings is 1. The van der Waals surface area contributed by atoms with Crippen LogP contribution < -0.4 is 20.1 Å². The maximum absolute atomic E-state index is 13.2. The number of anilines is 1. The van der Waals surface area contributed by atoms with Crippen LogP contribution in [0.3, 0.4) is 0 Å². The Labute approximate surface area is 169 Å². The summed E-state index contributed by atoms with van der Waals surface area (Å²) in [4.78, 5) is 26.1. The lowest BCUT2D eigenvalue weighted by atomic mass is 9.81. The Morgan fingerprint density at radius 3 is 2.48 bits per heavy atom. The molecule has 4 unspecified atom stereocenters. The van der Waals surface area contributed by atoms with Gasteiger partial charge in [0, 0.05) is 6.07 Å². The van der Waals surface area contributed by atoms with Crippen LogP contribution in [0.4, 0.5) is 5.69 Å². The number of hydrogen-bond donors (Lipinski definition) is 2. The van der Waals surface area contributed by atoms with Crippen molar-refractivity contribution in [2.24, 2.45) is 23.7 Å². The molecule has 7 nitrogen and oxygen atoms in total. The van der Waals surface area contributed by atoms with Crippen molar-refractivity contribution in [2.75, 3.05) is 19.5 Å². The first-order chi connectivity index (χ1) is 14.1. The van der Waals surface area contributed by atoms with Crippen LogP contribution in [0.5, 0.6) is 11.5 Å². The second-order valence-electron chi connectivity index (χ2n) is 7.35. The molecule has 0 radical (unpaired) electrons. The predicted octanol–water partition coefficient (Wildman–Crippen LogP) is 2.99. The fraction of sp³-hybridized carbons (Fsp3) is 0.364. The van der Waals surface area contributed by atoms with Crippen LogP contribution >= 0.6 is 0 Å². The number of carbonyl (C=O) groups excluding carboxylic acids is 2. The zero-order valence-electron chi connectivity index (χ0n) is 16.4. The highest BCUT2D eigenvalue weighted by atomic mass is 16.5. The van der Waals surface area contributed by atoms with E-state index in [9.17, 15) is 9.59 Å². The highest BCUT2D eigenvalue weighted by molar-refractivity contribution is 5.98. The number of rotatable bonds is 7. The first-order valence-electron chi connectivity index (χ1n) is 9.62. The van der Waals surface area contributed by atoms with E-state index >= 15 is 0 Å². The molecule has 1 fully saturated rings. The molecule has 1 aromatic carbocycles. The fourth-order valence-electron chi connectivity index (χ4n) is 4.37. The van der Waals surface area contributed by atoms with Gasteiger partial charge in [0.25, 0.3) is 0 Å². The molecule has 0 aliphatic heterocycles. The van der Waals surface area contributed by atoms with Crippen molar-refractivity contribution in [3.05, 3.63) is 54.5 Å². The molecule has 2 aliphatic carbocycles. The van der Waals surface area contributed by atoms with E-state index in [2.05, 4.69) is 16.7 Å². The van der Waals surface area contributed by atoms with E-state index < -0.39 is 11.8 Å². The molecule has 7 heteroatoms. The summed E-state index contributed by atoms with van der Waals surface area (Å²) in [5, 5.41) is 5.85. The first kappa shape index (κ1) is 19.1. The zero-order valence-corrected chi connectivity index (χ0v) is 16.4. The van der Waals surface area contributed by atoms with E-state index in [1.54, 1.807) is 50.8 Å². The Bertz CT molecular complexity index is 921. The van der Waals surface area contributed by atoms with Gasteiger partial charge in [-0.1, -0.05) is 12.2 Å². The van der Waals surface area contributed by atoms with Crippen molar-refractivity contribution in [2.45, 2.75) is 13.0 Å². The molecule has 1 aromatic heterocycles. The number of fused-ring (bicyclic) bond motifs is 2. The summed E-state index contributed by atoms with van der Waals surface area (Å²) in [6.45, 7) is 0.307. The van der Waals surface area contributed by atoms with Gasteiger partial charge in [-0.15, -0.1) is 0 Å². The lowest BCUT2D eigenvalue weighted by Gasteiger charge is -2.26. The van der Waals surface area contributed by atoms with Crippen molar-refractivity contribution in [3.8, 4) is 11.5 Å². The van der Waals surface area contributed by atoms with E-state index in [0.29, 0.717) is 29.5 Å². The van der Waals surface area contributed by atoms with Crippen LogP contribution in [0.2, 0.25) is 0 Å².